The second-order valence-corrected chi connectivity index (χ2v) is 4.82. The Labute approximate surface area is 146 Å². The van der Waals surface area contributed by atoms with Crippen molar-refractivity contribution >= 4 is 20.9 Å². The van der Waals surface area contributed by atoms with Gasteiger partial charge in [0.25, 0.3) is 0 Å². The summed E-state index contributed by atoms with van der Waals surface area (Å²) >= 11 is 0. The molecule has 1 heterocycles. The first-order valence-corrected chi connectivity index (χ1v) is 6.40. The van der Waals surface area contributed by atoms with Crippen LogP contribution in [0.15, 0.2) is 24.3 Å². The molecule has 0 bridgehead atoms. The zero-order chi connectivity index (χ0) is 31.1. The molecule has 0 saturated carbocycles. The molecule has 20 heavy (non-hydrogen) atoms. The van der Waals surface area contributed by atoms with Crippen molar-refractivity contribution in [2.45, 2.75) is 12.1 Å². The van der Waals surface area contributed by atoms with E-state index in [4.69, 9.17) is 26.0 Å². The minimum atomic E-state index is -5.61. The Balaban J connectivity index is 3.07. The van der Waals surface area contributed by atoms with Crippen LogP contribution in [-0.2, 0) is 22.1 Å². The normalized spacial score (nSPS) is 30.4. The smallest absolute Gasteiger partial charge is 0.215 e. The minimum Gasteiger partial charge on any atom is -0.361 e. The predicted molar refractivity (Wildman–Crippen MR) is 82.2 cm³/mol. The molecule has 0 atom stereocenters. The van der Waals surface area contributed by atoms with Crippen molar-refractivity contribution in [2.24, 2.45) is 0 Å². The van der Waals surface area contributed by atoms with Crippen molar-refractivity contribution in [2.75, 3.05) is 27.4 Å². The number of fused-ring (bicyclic) bond motifs is 1. The molecule has 0 fully saturated rings. The van der Waals surface area contributed by atoms with Crippen LogP contribution < -0.4 is 4.72 Å². The minimum absolute atomic E-state index is 0.750. The van der Waals surface area contributed by atoms with Gasteiger partial charge in [0, 0.05) is 44.1 Å². The number of nitrogens with zero attached hydrogens (tertiary/aromatic N) is 1. The van der Waals surface area contributed by atoms with Gasteiger partial charge in [-0.2, -0.15) is 0 Å². The fourth-order valence-electron chi connectivity index (χ4n) is 1.29. The Morgan fingerprint density at radius 3 is 3.10 bits per heavy atom. The van der Waals surface area contributed by atoms with E-state index in [0.29, 0.717) is 0 Å². The Hall–Kier alpha value is -1.37. The lowest BCUT2D eigenvalue weighted by molar-refractivity contribution is 0.414. The molecule has 0 unspecified atom stereocenters. The van der Waals surface area contributed by atoms with E-state index in [1.807, 2.05) is 0 Å². The molecule has 0 amide bonds. The number of likely N-dealkylation sites (N-methyl/N-ethyl adjacent to an activating group) is 1. The lowest BCUT2D eigenvalue weighted by Crippen LogP contribution is -2.20. The van der Waals surface area contributed by atoms with Crippen LogP contribution in [0, 0.1) is 0 Å². The Bertz CT molecular complexity index is 1370. The van der Waals surface area contributed by atoms with E-state index in [1.165, 1.54) is 0 Å². The molecule has 0 aliphatic rings. The number of sulfonamides is 1. The van der Waals surface area contributed by atoms with Crippen molar-refractivity contribution < 1.29 is 34.5 Å². The zero-order valence-electron chi connectivity index (χ0n) is 28.7. The van der Waals surface area contributed by atoms with Crippen molar-refractivity contribution in [1.29, 1.82) is 0 Å². The fourth-order valence-corrected chi connectivity index (χ4v) is 1.71. The molecule has 0 aliphatic carbocycles. The summed E-state index contributed by atoms with van der Waals surface area (Å²) in [5.41, 5.74) is -7.44. The number of nitrogens with one attached hydrogen (secondary N) is 2. The van der Waals surface area contributed by atoms with E-state index in [0.717, 1.165) is 4.72 Å². The third-order valence-corrected chi connectivity index (χ3v) is 2.78. The Kier molecular flexibility index (Phi) is 1.15. The molecule has 0 saturated heterocycles. The topological polar surface area (TPSA) is 65.2 Å². The van der Waals surface area contributed by atoms with Gasteiger partial charge in [-0.1, -0.05) is 6.04 Å². The molecule has 1 aromatic heterocycles. The molecule has 0 spiro atoms. The van der Waals surface area contributed by atoms with Crippen LogP contribution in [0.25, 0.3) is 10.9 Å². The van der Waals surface area contributed by atoms with Crippen LogP contribution >= 0.6 is 0 Å². The summed E-state index contributed by atoms with van der Waals surface area (Å²) in [4.78, 5) is 1.32. The Morgan fingerprint density at radius 1 is 1.50 bits per heavy atom. The molecule has 6 heteroatoms. The largest absolute Gasteiger partial charge is 0.361 e. The van der Waals surface area contributed by atoms with Gasteiger partial charge in [0.2, 0.25) is 10.0 Å². The molecule has 5 nitrogen and oxygen atoms in total. The van der Waals surface area contributed by atoms with Crippen LogP contribution in [0.1, 0.15) is 37.2 Å². The molecule has 0 radical (unpaired) electrons. The number of aromatic nitrogens is 1. The zero-order valence-corrected chi connectivity index (χ0v) is 10.5. The number of rotatable bonds is 6. The van der Waals surface area contributed by atoms with Gasteiger partial charge in [0.15, 0.2) is 0 Å². The number of aryl methyl sites for hydroxylation is 1. The molecule has 2 rings (SSSR count). The highest BCUT2D eigenvalue weighted by molar-refractivity contribution is 7.88. The summed E-state index contributed by atoms with van der Waals surface area (Å²) in [6, 6.07) is -3.77. The number of benzene rings is 1. The first-order valence-electron chi connectivity index (χ1n) is 14.4. The summed E-state index contributed by atoms with van der Waals surface area (Å²) in [6.07, 6.45) is -4.96. The second-order valence-electron chi connectivity index (χ2n) is 3.40. The van der Waals surface area contributed by atoms with Crippen molar-refractivity contribution in [3.8, 4) is 0 Å². The quantitative estimate of drug-likeness (QED) is 0.845. The molecule has 1 aromatic carbocycles. The summed E-state index contributed by atoms with van der Waals surface area (Å²) in [6.45, 7) is -15.1. The maximum Gasteiger partial charge on any atom is 0.215 e. The second kappa shape index (κ2) is 5.95. The van der Waals surface area contributed by atoms with Crippen LogP contribution in [0.4, 0.5) is 0 Å². The number of aromatic amines is 1. The summed E-state index contributed by atoms with van der Waals surface area (Å²) in [7, 11) is -5.61. The average Bonchev–Trinajstić information content (AvgIpc) is 2.99. The van der Waals surface area contributed by atoms with Crippen LogP contribution in [-0.4, -0.2) is 45.7 Å². The third-order valence-electron chi connectivity index (χ3n) is 2.04. The highest BCUT2D eigenvalue weighted by atomic mass is 32.2. The van der Waals surface area contributed by atoms with Gasteiger partial charge >= 0.3 is 0 Å². The third kappa shape index (κ3) is 3.59. The van der Waals surface area contributed by atoms with Crippen molar-refractivity contribution in [3.05, 3.63) is 35.4 Å². The van der Waals surface area contributed by atoms with E-state index in [1.54, 1.807) is 0 Å². The van der Waals surface area contributed by atoms with Gasteiger partial charge < -0.3 is 9.88 Å². The van der Waals surface area contributed by atoms with Crippen LogP contribution in [0.2, 0.25) is 0 Å². The van der Waals surface area contributed by atoms with Gasteiger partial charge in [0.1, 0.15) is 0 Å². The molecular weight excluding hydrogens is 274 g/mol. The van der Waals surface area contributed by atoms with E-state index in [9.17, 15) is 8.42 Å². The first kappa shape index (κ1) is 3.88. The van der Waals surface area contributed by atoms with E-state index >= 15 is 0 Å². The average molecular weight is 315 g/mol. The highest BCUT2D eigenvalue weighted by Gasteiger charge is 2.11. The first-order chi connectivity index (χ1) is 16.9. The standard InChI is InChI=1S/C14H21N3O2S/c1-15-20(18,19)10-11-4-5-14-13(8-11)12(9-16-14)6-7-17(2)3/h4-5,8-9,15-16H,6-7,10H2,1-3H3/i1D3,2D3,3D3,4D,5D,6D2,7D2,8D,9D,10D2. The summed E-state index contributed by atoms with van der Waals surface area (Å²) in [5, 5.41) is -1.03. The van der Waals surface area contributed by atoms with Gasteiger partial charge in [-0.25, -0.2) is 13.1 Å². The summed E-state index contributed by atoms with van der Waals surface area (Å²) in [5.74, 6) is 0. The van der Waals surface area contributed by atoms with E-state index in [2.05, 4.69) is 4.98 Å². The van der Waals surface area contributed by atoms with E-state index in [-0.39, 0.29) is 0 Å². The maximum atomic E-state index is 12.6. The molecular formula is C14H21N3O2S. The fraction of sp³-hybridized carbons (Fsp3) is 0.429. The van der Waals surface area contributed by atoms with Gasteiger partial charge in [-0.15, -0.1) is 0 Å². The number of hydrogen-bond donors (Lipinski definition) is 2. The molecule has 0 aliphatic heterocycles. The van der Waals surface area contributed by atoms with Gasteiger partial charge in [0.05, 0.1) is 11.2 Å². The highest BCUT2D eigenvalue weighted by Crippen LogP contribution is 2.21. The Morgan fingerprint density at radius 2 is 2.35 bits per heavy atom. The SMILES string of the molecule is [2H]c1[nH]c2c([2H])c([2H])c(C([2H])([2H])S(=O)(=O)NC([2H])([2H])[2H])c([2H])c2c1C([2H])([2H])C([2H])([2H])N(C([2H])([2H])[2H])C([2H])([2H])[2H]. The van der Waals surface area contributed by atoms with Crippen LogP contribution in [0.5, 0.6) is 0 Å². The lowest BCUT2D eigenvalue weighted by Gasteiger charge is -2.08. The monoisotopic (exact) mass is 314 g/mol. The number of hydrogen-bond acceptors (Lipinski definition) is 3. The number of H-pyrrole nitrogens is 1. The molecule has 2 aromatic rings. The van der Waals surface area contributed by atoms with Gasteiger partial charge in [-0.05, 0) is 50.5 Å². The lowest BCUT2D eigenvalue weighted by atomic mass is 10.1. The molecule has 110 valence electrons. The van der Waals surface area contributed by atoms with Gasteiger partial charge in [-0.3, -0.25) is 0 Å². The molecule has 2 N–H and O–H groups in total. The van der Waals surface area contributed by atoms with Crippen LogP contribution in [0.3, 0.4) is 0 Å². The van der Waals surface area contributed by atoms with E-state index < -0.39 is 101 Å². The summed E-state index contributed by atoms with van der Waals surface area (Å²) < 4.78 is 174. The van der Waals surface area contributed by atoms with Crippen molar-refractivity contribution in [1.82, 2.24) is 14.6 Å². The van der Waals surface area contributed by atoms with Crippen molar-refractivity contribution in [3.63, 3.8) is 0 Å². The maximum absolute atomic E-state index is 12.6. The predicted octanol–water partition coefficient (Wildman–Crippen LogP) is 1.32.